The number of carbonyl (C=O) groups is 4. The highest BCUT2D eigenvalue weighted by molar-refractivity contribution is 6.36. The van der Waals surface area contributed by atoms with Crippen molar-refractivity contribution in [3.8, 4) is 6.01 Å². The van der Waals surface area contributed by atoms with Crippen LogP contribution in [0.15, 0.2) is 73.1 Å². The van der Waals surface area contributed by atoms with Crippen molar-refractivity contribution in [1.82, 2.24) is 30.6 Å². The van der Waals surface area contributed by atoms with E-state index in [1.807, 2.05) is 18.2 Å². The van der Waals surface area contributed by atoms with Gasteiger partial charge < -0.3 is 31.1 Å². The number of amides is 2. The fraction of sp³-hybridized carbons (Fsp3) is 0.294. The predicted molar refractivity (Wildman–Crippen MR) is 181 cm³/mol. The molecular formula is C34H32ClF3N8O6. The number of nitrogens with zero attached hydrogens (tertiary/aromatic N) is 4. The number of nitrogens with one attached hydrogen (secondary N) is 4. The Balaban J connectivity index is 1.19. The van der Waals surface area contributed by atoms with Gasteiger partial charge in [-0.05, 0) is 79.3 Å². The van der Waals surface area contributed by atoms with Gasteiger partial charge in [0.25, 0.3) is 11.8 Å². The van der Waals surface area contributed by atoms with Crippen LogP contribution in [-0.2, 0) is 26.3 Å². The quantitative estimate of drug-likeness (QED) is 0.0946. The van der Waals surface area contributed by atoms with Gasteiger partial charge in [-0.2, -0.15) is 28.1 Å². The first-order valence-electron chi connectivity index (χ1n) is 15.9. The van der Waals surface area contributed by atoms with Gasteiger partial charge in [0.15, 0.2) is 6.61 Å². The summed E-state index contributed by atoms with van der Waals surface area (Å²) in [6.45, 7) is -1.45. The van der Waals surface area contributed by atoms with Gasteiger partial charge >= 0.3 is 18.2 Å². The van der Waals surface area contributed by atoms with Crippen molar-refractivity contribution in [3.05, 3.63) is 94.8 Å². The average Bonchev–Trinajstić information content (AvgIpc) is 3.89. The number of ketones is 1. The zero-order valence-electron chi connectivity index (χ0n) is 27.2. The van der Waals surface area contributed by atoms with E-state index < -0.39 is 60.4 Å². The predicted octanol–water partition coefficient (Wildman–Crippen LogP) is 4.60. The minimum atomic E-state index is -4.64. The Morgan fingerprint density at radius 3 is 2.31 bits per heavy atom. The molecule has 1 atom stereocenters. The zero-order valence-corrected chi connectivity index (χ0v) is 28.0. The summed E-state index contributed by atoms with van der Waals surface area (Å²) in [6.07, 6.45) is -0.300. The first kappa shape index (κ1) is 37.4. The summed E-state index contributed by atoms with van der Waals surface area (Å²) in [7, 11) is 0. The maximum Gasteiger partial charge on any atom is 0.422 e. The second-order valence-electron chi connectivity index (χ2n) is 11.8. The van der Waals surface area contributed by atoms with E-state index in [1.54, 1.807) is 30.6 Å². The number of alkyl halides is 3. The van der Waals surface area contributed by atoms with E-state index in [9.17, 15) is 37.5 Å². The average molecular weight is 741 g/mol. The Morgan fingerprint density at radius 1 is 0.962 bits per heavy atom. The van der Waals surface area contributed by atoms with Crippen LogP contribution in [0.5, 0.6) is 6.01 Å². The molecular weight excluding hydrogens is 709 g/mol. The molecule has 0 saturated heterocycles. The van der Waals surface area contributed by atoms with Crippen LogP contribution in [0.3, 0.4) is 0 Å². The van der Waals surface area contributed by atoms with Crippen LogP contribution in [-0.4, -0.2) is 74.0 Å². The van der Waals surface area contributed by atoms with E-state index in [0.29, 0.717) is 30.0 Å². The summed E-state index contributed by atoms with van der Waals surface area (Å²) >= 11 is 6.01. The molecule has 0 radical (unpaired) electrons. The number of anilines is 3. The van der Waals surface area contributed by atoms with Crippen LogP contribution < -0.4 is 26.0 Å². The maximum atomic E-state index is 12.9. The van der Waals surface area contributed by atoms with E-state index in [1.165, 1.54) is 24.3 Å². The number of aromatic nitrogens is 4. The molecule has 5 rings (SSSR count). The van der Waals surface area contributed by atoms with E-state index >= 15 is 0 Å². The van der Waals surface area contributed by atoms with Crippen LogP contribution >= 0.6 is 11.6 Å². The number of carbonyl (C=O) groups excluding carboxylic acids is 3. The third-order valence-corrected chi connectivity index (χ3v) is 8.07. The molecule has 0 bridgehead atoms. The maximum absolute atomic E-state index is 12.9. The van der Waals surface area contributed by atoms with Crippen molar-refractivity contribution in [1.29, 1.82) is 0 Å². The highest BCUT2D eigenvalue weighted by Gasteiger charge is 2.45. The van der Waals surface area contributed by atoms with Gasteiger partial charge in [-0.15, -0.1) is 0 Å². The number of benzene rings is 2. The number of Topliss-reactive ketones (excluding diaryl/α,β-unsaturated/α-hetero) is 1. The number of halogens is 4. The lowest BCUT2D eigenvalue weighted by Crippen LogP contribution is -2.42. The van der Waals surface area contributed by atoms with Crippen molar-refractivity contribution in [3.63, 3.8) is 0 Å². The van der Waals surface area contributed by atoms with Crippen molar-refractivity contribution in [2.24, 2.45) is 0 Å². The summed E-state index contributed by atoms with van der Waals surface area (Å²) in [5.74, 6) is -4.06. The first-order chi connectivity index (χ1) is 24.8. The van der Waals surface area contributed by atoms with Crippen molar-refractivity contribution in [2.75, 3.05) is 23.8 Å². The van der Waals surface area contributed by atoms with Gasteiger partial charge in [-0.25, -0.2) is 4.79 Å². The molecule has 14 nitrogen and oxygen atoms in total. The molecule has 1 saturated carbocycles. The minimum Gasteiger partial charge on any atom is -0.480 e. The number of hydrogen-bond acceptors (Lipinski definition) is 11. The lowest BCUT2D eigenvalue weighted by atomic mass is 10.1. The summed E-state index contributed by atoms with van der Waals surface area (Å²) in [5, 5.41) is 21.0. The Bertz CT molecular complexity index is 1900. The summed E-state index contributed by atoms with van der Waals surface area (Å²) < 4.78 is 43.5. The third kappa shape index (κ3) is 10.8. The molecule has 2 aromatic carbocycles. The van der Waals surface area contributed by atoms with Crippen molar-refractivity contribution < 1.29 is 42.2 Å². The number of pyridine rings is 1. The van der Waals surface area contributed by atoms with Crippen LogP contribution in [0.2, 0.25) is 5.02 Å². The Labute approximate surface area is 299 Å². The van der Waals surface area contributed by atoms with Gasteiger partial charge in [0.2, 0.25) is 17.7 Å². The van der Waals surface area contributed by atoms with Crippen molar-refractivity contribution in [2.45, 2.75) is 49.9 Å². The molecule has 2 amide bonds. The highest BCUT2D eigenvalue weighted by Crippen LogP contribution is 2.48. The molecule has 1 fully saturated rings. The largest absolute Gasteiger partial charge is 0.480 e. The SMILES string of the molecule is O=C(CC[C@H](NC(=O)c1ccc(Nc2nc(NC3(c4ccc(Cl)cc4)CC3)nc(OCC(F)(F)F)n2)cc1)C(=O)O)C(=O)NCCc1cccnc1. The lowest BCUT2D eigenvalue weighted by molar-refractivity contribution is -0.154. The van der Waals surface area contributed by atoms with Crippen molar-refractivity contribution >= 4 is 52.8 Å². The van der Waals surface area contributed by atoms with Gasteiger partial charge in [0.1, 0.15) is 6.04 Å². The second kappa shape index (κ2) is 16.5. The topological polar surface area (TPSA) is 197 Å². The number of carboxylic acids is 1. The van der Waals surface area contributed by atoms with Gasteiger partial charge in [-0.1, -0.05) is 29.8 Å². The van der Waals surface area contributed by atoms with Gasteiger partial charge in [0, 0.05) is 41.6 Å². The highest BCUT2D eigenvalue weighted by atomic mass is 35.5. The van der Waals surface area contributed by atoms with E-state index in [-0.39, 0.29) is 30.4 Å². The smallest absolute Gasteiger partial charge is 0.422 e. The second-order valence-corrected chi connectivity index (χ2v) is 12.2. The van der Waals surface area contributed by atoms with Crippen LogP contribution in [0.25, 0.3) is 0 Å². The number of rotatable bonds is 17. The monoisotopic (exact) mass is 740 g/mol. The summed E-state index contributed by atoms with van der Waals surface area (Å²) in [4.78, 5) is 65.4. The van der Waals surface area contributed by atoms with Crippen LogP contribution in [0.4, 0.5) is 30.8 Å². The molecule has 272 valence electrons. The number of aliphatic carboxylic acids is 1. The van der Waals surface area contributed by atoms with E-state index in [4.69, 9.17) is 16.3 Å². The fourth-order valence-corrected chi connectivity index (χ4v) is 5.09. The first-order valence-corrected chi connectivity index (χ1v) is 16.3. The Hall–Kier alpha value is -5.84. The Morgan fingerprint density at radius 2 is 1.67 bits per heavy atom. The third-order valence-electron chi connectivity index (χ3n) is 7.82. The summed E-state index contributed by atoms with van der Waals surface area (Å²) in [6, 6.07) is 14.2. The number of hydrogen-bond donors (Lipinski definition) is 5. The zero-order chi connectivity index (χ0) is 37.3. The molecule has 1 aliphatic carbocycles. The standard InChI is InChI=1S/C34H32ClF3N8O6/c35-23-7-5-22(6-8-23)33(14-15-33)46-31-43-30(44-32(45-31)52-19-34(36,37)38)41-24-9-3-21(4-10-24)27(48)42-25(29(50)51)11-12-26(47)28(49)40-17-13-20-2-1-16-39-18-20/h1-10,16,18,25H,11-15,17,19H2,(H,40,49)(H,42,48)(H,50,51)(H2,41,43,44,45,46)/t25-/m0/s1. The molecule has 18 heteroatoms. The minimum absolute atomic E-state index is 0.0430. The van der Waals surface area contributed by atoms with Crippen LogP contribution in [0, 0.1) is 0 Å². The molecule has 0 unspecified atom stereocenters. The molecule has 1 aliphatic rings. The molecule has 0 spiro atoms. The molecule has 5 N–H and O–H groups in total. The van der Waals surface area contributed by atoms with E-state index in [2.05, 4.69) is 41.2 Å². The lowest BCUT2D eigenvalue weighted by Gasteiger charge is -2.19. The summed E-state index contributed by atoms with van der Waals surface area (Å²) in [5.41, 5.74) is 1.56. The fourth-order valence-electron chi connectivity index (χ4n) is 4.96. The van der Waals surface area contributed by atoms with Crippen LogP contribution in [0.1, 0.15) is 47.2 Å². The Kier molecular flexibility index (Phi) is 11.8. The molecule has 4 aromatic rings. The molecule has 2 heterocycles. The normalized spacial score (nSPS) is 13.7. The molecule has 0 aliphatic heterocycles. The van der Waals surface area contributed by atoms with Gasteiger partial charge in [-0.3, -0.25) is 19.4 Å². The molecule has 2 aromatic heterocycles. The molecule has 52 heavy (non-hydrogen) atoms. The number of carboxylic acid groups (broad SMARTS) is 1. The van der Waals surface area contributed by atoms with E-state index in [0.717, 1.165) is 11.1 Å². The van der Waals surface area contributed by atoms with Gasteiger partial charge in [0.05, 0.1) is 5.54 Å². The number of ether oxygens (including phenoxy) is 1.